The van der Waals surface area contributed by atoms with E-state index in [1.807, 2.05) is 32.0 Å². The highest BCUT2D eigenvalue weighted by atomic mass is 35.5. The SMILES string of the molecule is CCc1cccc(C)c1-n1nc(Cn2nc(-c3ccc(Cl)cc3)n(CCC(F)(F)F)c2=O)nc1C(=O)OC. The normalized spacial score (nSPS) is 11.7. The Balaban J connectivity index is 1.80. The maximum Gasteiger partial charge on any atom is 0.390 e. The van der Waals surface area contributed by atoms with Crippen molar-refractivity contribution in [1.82, 2.24) is 29.1 Å². The van der Waals surface area contributed by atoms with Crippen LogP contribution in [0.25, 0.3) is 17.1 Å². The number of nitrogens with zero attached hydrogens (tertiary/aromatic N) is 6. The molecule has 4 rings (SSSR count). The van der Waals surface area contributed by atoms with Gasteiger partial charge in [-0.1, -0.05) is 36.7 Å². The first-order chi connectivity index (χ1) is 18.0. The molecule has 0 saturated heterocycles. The lowest BCUT2D eigenvalue weighted by Crippen LogP contribution is -2.27. The van der Waals surface area contributed by atoms with E-state index in [0.29, 0.717) is 22.7 Å². The van der Waals surface area contributed by atoms with Crippen molar-refractivity contribution in [1.29, 1.82) is 0 Å². The van der Waals surface area contributed by atoms with Gasteiger partial charge in [0.2, 0.25) is 5.82 Å². The Hall–Kier alpha value is -3.93. The molecule has 0 fully saturated rings. The number of halogens is 4. The van der Waals surface area contributed by atoms with Crippen LogP contribution < -0.4 is 5.69 Å². The highest BCUT2D eigenvalue weighted by Crippen LogP contribution is 2.24. The molecule has 0 aliphatic carbocycles. The van der Waals surface area contributed by atoms with Gasteiger partial charge in [0, 0.05) is 17.1 Å². The molecule has 0 spiro atoms. The predicted molar refractivity (Wildman–Crippen MR) is 134 cm³/mol. The summed E-state index contributed by atoms with van der Waals surface area (Å²) in [5.41, 5.74) is 2.03. The van der Waals surface area contributed by atoms with Crippen molar-refractivity contribution in [2.24, 2.45) is 0 Å². The van der Waals surface area contributed by atoms with Crippen molar-refractivity contribution >= 4 is 17.6 Å². The number of para-hydroxylation sites is 1. The van der Waals surface area contributed by atoms with Gasteiger partial charge in [0.25, 0.3) is 0 Å². The monoisotopic (exact) mass is 548 g/mol. The number of ether oxygens (including phenoxy) is 1. The lowest BCUT2D eigenvalue weighted by molar-refractivity contribution is -0.136. The topological polar surface area (TPSA) is 96.8 Å². The number of carbonyl (C=O) groups is 1. The van der Waals surface area contributed by atoms with Gasteiger partial charge in [-0.15, -0.1) is 10.2 Å². The van der Waals surface area contributed by atoms with Gasteiger partial charge in [-0.2, -0.15) is 13.2 Å². The molecule has 2 aromatic heterocycles. The highest BCUT2D eigenvalue weighted by molar-refractivity contribution is 6.30. The van der Waals surface area contributed by atoms with E-state index in [2.05, 4.69) is 15.2 Å². The summed E-state index contributed by atoms with van der Waals surface area (Å²) in [6, 6.07) is 11.9. The van der Waals surface area contributed by atoms with Crippen LogP contribution in [0.2, 0.25) is 5.02 Å². The zero-order valence-corrected chi connectivity index (χ0v) is 21.5. The molecule has 0 N–H and O–H groups in total. The van der Waals surface area contributed by atoms with Crippen molar-refractivity contribution in [3.63, 3.8) is 0 Å². The minimum absolute atomic E-state index is 0.0377. The van der Waals surface area contributed by atoms with Crippen LogP contribution in [0.3, 0.4) is 0 Å². The van der Waals surface area contributed by atoms with Crippen LogP contribution in [0.15, 0.2) is 47.3 Å². The molecule has 0 radical (unpaired) electrons. The van der Waals surface area contributed by atoms with Gasteiger partial charge in [0.15, 0.2) is 11.6 Å². The zero-order chi connectivity index (χ0) is 27.6. The van der Waals surface area contributed by atoms with E-state index >= 15 is 0 Å². The quantitative estimate of drug-likeness (QED) is 0.298. The molecule has 0 aliphatic rings. The summed E-state index contributed by atoms with van der Waals surface area (Å²) in [5, 5.41) is 9.17. The largest absolute Gasteiger partial charge is 0.463 e. The third-order valence-electron chi connectivity index (χ3n) is 5.87. The Morgan fingerprint density at radius 2 is 1.82 bits per heavy atom. The Bertz CT molecular complexity index is 1520. The third kappa shape index (κ3) is 5.64. The smallest absolute Gasteiger partial charge is 0.390 e. The number of hydrogen-bond acceptors (Lipinski definition) is 6. The molecule has 2 heterocycles. The van der Waals surface area contributed by atoms with Crippen molar-refractivity contribution in [2.75, 3.05) is 7.11 Å². The number of benzene rings is 2. The summed E-state index contributed by atoms with van der Waals surface area (Å²) < 4.78 is 47.2. The van der Waals surface area contributed by atoms with E-state index < -0.39 is 30.8 Å². The molecule has 200 valence electrons. The fourth-order valence-corrected chi connectivity index (χ4v) is 4.17. The van der Waals surface area contributed by atoms with Gasteiger partial charge in [-0.25, -0.2) is 23.9 Å². The molecule has 0 atom stereocenters. The maximum absolute atomic E-state index is 13.2. The minimum atomic E-state index is -4.47. The molecule has 0 saturated carbocycles. The van der Waals surface area contributed by atoms with Gasteiger partial charge < -0.3 is 4.74 Å². The van der Waals surface area contributed by atoms with Crippen LogP contribution in [0.5, 0.6) is 0 Å². The molecule has 2 aromatic carbocycles. The third-order valence-corrected chi connectivity index (χ3v) is 6.12. The average Bonchev–Trinajstić information content (AvgIpc) is 3.43. The van der Waals surface area contributed by atoms with Crippen LogP contribution in [0, 0.1) is 6.92 Å². The first-order valence-electron chi connectivity index (χ1n) is 11.7. The Labute approximate surface area is 220 Å². The van der Waals surface area contributed by atoms with E-state index in [4.69, 9.17) is 16.3 Å². The molecule has 13 heteroatoms. The van der Waals surface area contributed by atoms with E-state index in [1.54, 1.807) is 24.3 Å². The number of esters is 1. The van der Waals surface area contributed by atoms with Crippen LogP contribution in [0.1, 0.15) is 40.9 Å². The Kier molecular flexibility index (Phi) is 7.72. The number of rotatable bonds is 8. The van der Waals surface area contributed by atoms with Crippen LogP contribution in [-0.4, -0.2) is 48.4 Å². The highest BCUT2D eigenvalue weighted by Gasteiger charge is 2.29. The molecule has 0 amide bonds. The first-order valence-corrected chi connectivity index (χ1v) is 12.0. The van der Waals surface area contributed by atoms with Crippen molar-refractivity contribution < 1.29 is 22.7 Å². The lowest BCUT2D eigenvalue weighted by atomic mass is 10.1. The summed E-state index contributed by atoms with van der Waals surface area (Å²) in [6.45, 7) is 2.91. The first kappa shape index (κ1) is 27.1. The summed E-state index contributed by atoms with van der Waals surface area (Å²) in [6.07, 6.45) is -5.04. The van der Waals surface area contributed by atoms with Gasteiger partial charge in [-0.3, -0.25) is 4.57 Å². The fourth-order valence-electron chi connectivity index (χ4n) is 4.04. The van der Waals surface area contributed by atoms with E-state index in [1.165, 1.54) is 11.8 Å². The second-order valence-electron chi connectivity index (χ2n) is 8.48. The second kappa shape index (κ2) is 10.8. The number of aryl methyl sites for hydroxylation is 2. The van der Waals surface area contributed by atoms with E-state index in [-0.39, 0.29) is 24.0 Å². The Morgan fingerprint density at radius 1 is 1.11 bits per heavy atom. The van der Waals surface area contributed by atoms with Crippen molar-refractivity contribution in [3.05, 3.63) is 80.7 Å². The number of hydrogen-bond donors (Lipinski definition) is 0. The molecule has 38 heavy (non-hydrogen) atoms. The predicted octanol–water partition coefficient (Wildman–Crippen LogP) is 4.60. The number of aromatic nitrogens is 6. The number of alkyl halides is 3. The fraction of sp³-hybridized carbons (Fsp3) is 0.320. The molecule has 4 aromatic rings. The summed E-state index contributed by atoms with van der Waals surface area (Å²) in [5.74, 6) is -0.746. The summed E-state index contributed by atoms with van der Waals surface area (Å²) in [7, 11) is 1.21. The maximum atomic E-state index is 13.2. The number of carbonyl (C=O) groups excluding carboxylic acids is 1. The zero-order valence-electron chi connectivity index (χ0n) is 20.8. The minimum Gasteiger partial charge on any atom is -0.463 e. The average molecular weight is 549 g/mol. The van der Waals surface area contributed by atoms with E-state index in [0.717, 1.165) is 20.4 Å². The van der Waals surface area contributed by atoms with Crippen molar-refractivity contribution in [2.45, 2.75) is 46.0 Å². The molecule has 9 nitrogen and oxygen atoms in total. The molecule has 0 bridgehead atoms. The van der Waals surface area contributed by atoms with Gasteiger partial charge in [0.05, 0.1) is 19.2 Å². The number of methoxy groups -OCH3 is 1. The van der Waals surface area contributed by atoms with Gasteiger partial charge in [0.1, 0.15) is 6.54 Å². The molecular formula is C25H24ClF3N6O3. The molecular weight excluding hydrogens is 525 g/mol. The Morgan fingerprint density at radius 3 is 2.45 bits per heavy atom. The van der Waals surface area contributed by atoms with Crippen LogP contribution in [0.4, 0.5) is 13.2 Å². The summed E-state index contributed by atoms with van der Waals surface area (Å²) >= 11 is 5.94. The van der Waals surface area contributed by atoms with Crippen molar-refractivity contribution in [3.8, 4) is 17.1 Å². The van der Waals surface area contributed by atoms with Gasteiger partial charge in [-0.05, 0) is 48.7 Å². The second-order valence-corrected chi connectivity index (χ2v) is 8.92. The molecule has 0 aliphatic heterocycles. The van der Waals surface area contributed by atoms with Crippen LogP contribution >= 0.6 is 11.6 Å². The standard InChI is InChI=1S/C25H24ClF3N6O3/c1-4-16-7-5-6-15(2)20(16)35-22(23(36)38-3)30-19(31-35)14-34-24(37)33(13-12-25(27,28)29)21(32-34)17-8-10-18(26)11-9-17/h5-11H,4,12-14H2,1-3H3. The van der Waals surface area contributed by atoms with E-state index in [9.17, 15) is 22.8 Å². The molecule has 0 unspecified atom stereocenters. The van der Waals surface area contributed by atoms with Gasteiger partial charge >= 0.3 is 17.8 Å². The lowest BCUT2D eigenvalue weighted by Gasteiger charge is -2.12. The summed E-state index contributed by atoms with van der Waals surface area (Å²) in [4.78, 5) is 30.0. The van der Waals surface area contributed by atoms with Crippen LogP contribution in [-0.2, 0) is 24.2 Å².